The Labute approximate surface area is 535 Å². The predicted octanol–water partition coefficient (Wildman–Crippen LogP) is 17.3. The maximum Gasteiger partial charge on any atom is 0.0462 e. The normalized spacial score (nSPS) is 11.3. The number of rotatable bonds is 19. The lowest BCUT2D eigenvalue weighted by Gasteiger charge is -2.28. The summed E-state index contributed by atoms with van der Waals surface area (Å²) in [4.78, 5) is 4.81. The van der Waals surface area contributed by atoms with Crippen molar-refractivity contribution in [2.45, 2.75) is 0 Å². The molecule has 0 spiro atoms. The summed E-state index contributed by atoms with van der Waals surface area (Å²) in [7, 11) is -3.06. The molecule has 0 heterocycles. The summed E-state index contributed by atoms with van der Waals surface area (Å²) < 4.78 is 0. The molecule has 0 radical (unpaired) electrons. The van der Waals surface area contributed by atoms with Crippen LogP contribution in [0.4, 0.5) is 34.1 Å². The molecule has 0 atom stereocenters. The van der Waals surface area contributed by atoms with E-state index in [1.807, 2.05) is 0 Å². The fraction of sp³-hybridized carbons (Fsp3) is 0. The molecule has 0 aliphatic rings. The third kappa shape index (κ3) is 13.0. The van der Waals surface area contributed by atoms with Crippen LogP contribution in [0.2, 0.25) is 0 Å². The van der Waals surface area contributed by atoms with Crippen molar-refractivity contribution < 1.29 is 0 Å². The summed E-state index contributed by atoms with van der Waals surface area (Å²) in [5, 5.41) is 15.9. The molecule has 0 aromatic heterocycles. The van der Waals surface area contributed by atoms with E-state index in [-0.39, 0.29) is 0 Å². The molecule has 0 saturated heterocycles. The average Bonchev–Trinajstić information content (AvgIpc) is 1.56. The maximum absolute atomic E-state index is 2.40. The minimum Gasteiger partial charge on any atom is -0.311 e. The standard InChI is InChI=1S/C84H64N2P4/c1-9-25-73(26-10-1)87(74-27-11-2-12-28-74)81-57-49-69(50-58-81)85(70-51-59-82(60-52-70)88(75-29-13-3-14-30-75)76-31-15-4-16-32-76)67-45-41-65(42-46-67)66-43-47-68(48-44-66)86(71-53-61-83(62-54-71)89(77-33-17-5-18-34-77)78-35-19-6-20-36-78)72-55-63-84(64-56-72)90(79-37-21-7-22-38-79)80-39-23-8-24-40-80/h1-64H. The predicted molar refractivity (Wildman–Crippen MR) is 396 cm³/mol. The van der Waals surface area contributed by atoms with Crippen LogP contribution < -0.4 is 73.5 Å². The van der Waals surface area contributed by atoms with Crippen LogP contribution in [-0.2, 0) is 0 Å². The largest absolute Gasteiger partial charge is 0.311 e. The SMILES string of the molecule is c1ccc(P(c2ccccc2)c2ccc(N(c3ccc(-c4ccc(N(c5ccc(P(c6ccccc6)c6ccccc6)cc5)c5ccc(P(c6ccccc6)c6ccccc6)cc5)cc4)cc3)c3ccc(P(c4ccccc4)c4ccccc4)cc3)cc2)cc1. The van der Waals surface area contributed by atoms with Gasteiger partial charge in [-0.2, -0.15) is 0 Å². The molecule has 0 unspecified atom stereocenters. The molecule has 90 heavy (non-hydrogen) atoms. The first-order valence-corrected chi connectivity index (χ1v) is 35.9. The van der Waals surface area contributed by atoms with Gasteiger partial charge in [0.25, 0.3) is 0 Å². The molecule has 14 aromatic rings. The number of nitrogens with zero attached hydrogens (tertiary/aromatic N) is 2. The molecule has 0 N–H and O–H groups in total. The Bertz CT molecular complexity index is 3810. The molecule has 2 nitrogen and oxygen atoms in total. The second-order valence-corrected chi connectivity index (χ2v) is 30.7. The number of benzene rings is 14. The molecular weight excluding hydrogens is 1160 g/mol. The first-order chi connectivity index (χ1) is 44.7. The summed E-state index contributed by atoms with van der Waals surface area (Å²) in [6, 6.07) is 143. The highest BCUT2D eigenvalue weighted by atomic mass is 31.1. The van der Waals surface area contributed by atoms with Gasteiger partial charge >= 0.3 is 0 Å². The van der Waals surface area contributed by atoms with Crippen LogP contribution in [0.5, 0.6) is 0 Å². The van der Waals surface area contributed by atoms with Crippen molar-refractivity contribution in [3.05, 3.63) is 388 Å². The van der Waals surface area contributed by atoms with Crippen molar-refractivity contribution in [1.82, 2.24) is 0 Å². The minimum absolute atomic E-state index is 0.764. The molecule has 14 rings (SSSR count). The zero-order chi connectivity index (χ0) is 60.3. The first kappa shape index (κ1) is 58.1. The van der Waals surface area contributed by atoms with E-state index >= 15 is 0 Å². The van der Waals surface area contributed by atoms with Crippen molar-refractivity contribution in [2.24, 2.45) is 0 Å². The zero-order valence-electron chi connectivity index (χ0n) is 49.6. The molecule has 0 saturated carbocycles. The van der Waals surface area contributed by atoms with E-state index in [4.69, 9.17) is 0 Å². The molecular formula is C84H64N2P4. The van der Waals surface area contributed by atoms with Crippen molar-refractivity contribution in [3.63, 3.8) is 0 Å². The van der Waals surface area contributed by atoms with Gasteiger partial charge in [0.15, 0.2) is 0 Å². The van der Waals surface area contributed by atoms with Gasteiger partial charge in [-0.15, -0.1) is 0 Å². The molecule has 0 aliphatic heterocycles. The minimum atomic E-state index is -0.764. The Morgan fingerprint density at radius 3 is 0.389 bits per heavy atom. The quantitative estimate of drug-likeness (QED) is 0.0745. The zero-order valence-corrected chi connectivity index (χ0v) is 53.2. The van der Waals surface area contributed by atoms with E-state index in [0.717, 1.165) is 45.3 Å². The Kier molecular flexibility index (Phi) is 18.0. The van der Waals surface area contributed by atoms with E-state index < -0.39 is 31.7 Å². The Morgan fingerprint density at radius 1 is 0.122 bits per heavy atom. The lowest BCUT2D eigenvalue weighted by molar-refractivity contribution is 1.28. The van der Waals surface area contributed by atoms with Crippen molar-refractivity contribution in [3.8, 4) is 11.1 Å². The molecule has 0 amide bonds. The maximum atomic E-state index is 2.40. The van der Waals surface area contributed by atoms with Gasteiger partial charge in [0.05, 0.1) is 0 Å². The highest BCUT2D eigenvalue weighted by Crippen LogP contribution is 2.43. The second kappa shape index (κ2) is 27.8. The molecule has 0 fully saturated rings. The summed E-state index contributed by atoms with van der Waals surface area (Å²) in [5.74, 6) is 0. The summed E-state index contributed by atoms with van der Waals surface area (Å²) in [6.07, 6.45) is 0. The molecule has 6 heteroatoms. The van der Waals surface area contributed by atoms with Crippen molar-refractivity contribution in [2.75, 3.05) is 9.80 Å². The van der Waals surface area contributed by atoms with E-state index in [1.54, 1.807) is 0 Å². The smallest absolute Gasteiger partial charge is 0.0462 e. The highest BCUT2D eigenvalue weighted by Gasteiger charge is 2.24. The average molecular weight is 1230 g/mol. The number of anilines is 6. The summed E-state index contributed by atoms with van der Waals surface area (Å²) in [6.45, 7) is 0. The van der Waals surface area contributed by atoms with Gasteiger partial charge in [0, 0.05) is 34.1 Å². The van der Waals surface area contributed by atoms with Crippen LogP contribution >= 0.6 is 31.7 Å². The summed E-state index contributed by atoms with van der Waals surface area (Å²) >= 11 is 0. The Balaban J connectivity index is 0.812. The fourth-order valence-corrected chi connectivity index (χ4v) is 21.0. The number of hydrogen-bond donors (Lipinski definition) is 0. The summed E-state index contributed by atoms with van der Waals surface area (Å²) in [5.41, 5.74) is 8.86. The lowest BCUT2D eigenvalue weighted by atomic mass is 10.0. The highest BCUT2D eigenvalue weighted by molar-refractivity contribution is 7.81. The van der Waals surface area contributed by atoms with Crippen LogP contribution in [-0.4, -0.2) is 0 Å². The third-order valence-electron chi connectivity index (χ3n) is 16.2. The number of hydrogen-bond acceptors (Lipinski definition) is 2. The van der Waals surface area contributed by atoms with Gasteiger partial charge in [-0.3, -0.25) is 0 Å². The Hall–Kier alpha value is -9.60. The van der Waals surface area contributed by atoms with E-state index in [1.165, 1.54) is 63.7 Å². The van der Waals surface area contributed by atoms with Gasteiger partial charge in [0.1, 0.15) is 0 Å². The van der Waals surface area contributed by atoms with Crippen molar-refractivity contribution >= 4 is 129 Å². The van der Waals surface area contributed by atoms with Crippen molar-refractivity contribution in [1.29, 1.82) is 0 Å². The fourth-order valence-electron chi connectivity index (χ4n) is 11.9. The van der Waals surface area contributed by atoms with Crippen LogP contribution in [0.15, 0.2) is 388 Å². The topological polar surface area (TPSA) is 6.48 Å². The van der Waals surface area contributed by atoms with Crippen LogP contribution in [0.3, 0.4) is 0 Å². The van der Waals surface area contributed by atoms with E-state index in [2.05, 4.69) is 398 Å². The van der Waals surface area contributed by atoms with Crippen LogP contribution in [0.25, 0.3) is 11.1 Å². The lowest BCUT2D eigenvalue weighted by Crippen LogP contribution is -2.21. The Morgan fingerprint density at radius 2 is 0.244 bits per heavy atom. The van der Waals surface area contributed by atoms with Gasteiger partial charge in [-0.05, 0) is 179 Å². The van der Waals surface area contributed by atoms with Crippen LogP contribution in [0.1, 0.15) is 0 Å². The van der Waals surface area contributed by atoms with Gasteiger partial charge in [-0.1, -0.05) is 315 Å². The molecule has 0 bridgehead atoms. The third-order valence-corrected chi connectivity index (χ3v) is 25.9. The molecule has 14 aromatic carbocycles. The van der Waals surface area contributed by atoms with Gasteiger partial charge in [0.2, 0.25) is 0 Å². The van der Waals surface area contributed by atoms with Crippen LogP contribution in [0, 0.1) is 0 Å². The molecule has 430 valence electrons. The van der Waals surface area contributed by atoms with E-state index in [9.17, 15) is 0 Å². The van der Waals surface area contributed by atoms with E-state index in [0.29, 0.717) is 0 Å². The monoisotopic (exact) mass is 1220 g/mol. The molecule has 0 aliphatic carbocycles. The van der Waals surface area contributed by atoms with Gasteiger partial charge < -0.3 is 9.80 Å². The van der Waals surface area contributed by atoms with Gasteiger partial charge in [-0.25, -0.2) is 0 Å². The first-order valence-electron chi connectivity index (χ1n) is 30.5. The second-order valence-electron chi connectivity index (χ2n) is 21.9.